The van der Waals surface area contributed by atoms with Crippen LogP contribution in [0.3, 0.4) is 0 Å². The third-order valence-corrected chi connectivity index (χ3v) is 4.64. The van der Waals surface area contributed by atoms with E-state index in [0.29, 0.717) is 11.3 Å². The van der Waals surface area contributed by atoms with Gasteiger partial charge in [0.1, 0.15) is 0 Å². The van der Waals surface area contributed by atoms with Gasteiger partial charge in [0.05, 0.1) is 29.1 Å². The predicted molar refractivity (Wildman–Crippen MR) is 101 cm³/mol. The summed E-state index contributed by atoms with van der Waals surface area (Å²) in [5.74, 6) is 0. The molecule has 0 aliphatic rings. The molecule has 0 aliphatic heterocycles. The van der Waals surface area contributed by atoms with Gasteiger partial charge in [0.25, 0.3) is 0 Å². The Morgan fingerprint density at radius 2 is 1.84 bits per heavy atom. The predicted octanol–water partition coefficient (Wildman–Crippen LogP) is 4.13. The topological polar surface area (TPSA) is 74.9 Å². The first-order chi connectivity index (χ1) is 11.8. The lowest BCUT2D eigenvalue weighted by atomic mass is 10.00. The summed E-state index contributed by atoms with van der Waals surface area (Å²) in [4.78, 5) is 0. The molecule has 0 unspecified atom stereocenters. The molecule has 0 bridgehead atoms. The van der Waals surface area contributed by atoms with Crippen molar-refractivity contribution in [3.8, 4) is 17.2 Å². The molecule has 0 spiro atoms. The molecule has 0 saturated heterocycles. The molecule has 2 aromatic carbocycles. The van der Waals surface area contributed by atoms with Crippen LogP contribution in [0.15, 0.2) is 48.7 Å². The molecule has 3 aromatic rings. The average molecular weight is 353 g/mol. The number of hydrogen-bond acceptors (Lipinski definition) is 3. The van der Waals surface area contributed by atoms with Gasteiger partial charge in [0.15, 0.2) is 0 Å². The van der Waals surface area contributed by atoms with Gasteiger partial charge in [-0.2, -0.15) is 5.26 Å². The van der Waals surface area contributed by atoms with E-state index < -0.39 is 10.0 Å². The Morgan fingerprint density at radius 1 is 1.12 bits per heavy atom. The van der Waals surface area contributed by atoms with E-state index in [1.165, 1.54) is 0 Å². The van der Waals surface area contributed by atoms with E-state index >= 15 is 0 Å². The number of nitrogens with zero attached hydrogens (tertiary/aromatic N) is 2. The summed E-state index contributed by atoms with van der Waals surface area (Å²) in [5, 5.41) is 10.4. The maximum absolute atomic E-state index is 11.5. The average Bonchev–Trinajstić information content (AvgIpc) is 2.92. The first-order valence-corrected chi connectivity index (χ1v) is 9.81. The SMILES string of the molecule is CC(C)n1cc(-c2ccccc2C#N)c2ccc(NS(C)(=O)=O)cc21. The van der Waals surface area contributed by atoms with Crippen molar-refractivity contribution in [1.82, 2.24) is 4.57 Å². The lowest BCUT2D eigenvalue weighted by Crippen LogP contribution is -2.09. The highest BCUT2D eigenvalue weighted by Crippen LogP contribution is 2.35. The van der Waals surface area contributed by atoms with Crippen molar-refractivity contribution < 1.29 is 8.42 Å². The molecular formula is C19H19N3O2S. The molecular weight excluding hydrogens is 334 g/mol. The molecule has 1 heterocycles. The van der Waals surface area contributed by atoms with Gasteiger partial charge < -0.3 is 4.57 Å². The zero-order valence-corrected chi connectivity index (χ0v) is 15.1. The first kappa shape index (κ1) is 17.1. The highest BCUT2D eigenvalue weighted by molar-refractivity contribution is 7.92. The van der Waals surface area contributed by atoms with Crippen LogP contribution in [-0.4, -0.2) is 19.2 Å². The Bertz CT molecular complexity index is 1090. The van der Waals surface area contributed by atoms with Crippen LogP contribution in [0.25, 0.3) is 22.0 Å². The molecule has 0 saturated carbocycles. The van der Waals surface area contributed by atoms with Gasteiger partial charge in [-0.3, -0.25) is 4.72 Å². The van der Waals surface area contributed by atoms with Crippen LogP contribution in [0.1, 0.15) is 25.5 Å². The zero-order chi connectivity index (χ0) is 18.2. The second-order valence-electron chi connectivity index (χ2n) is 6.31. The molecule has 0 fully saturated rings. The molecule has 0 atom stereocenters. The highest BCUT2D eigenvalue weighted by Gasteiger charge is 2.15. The Labute approximate surface area is 147 Å². The quantitative estimate of drug-likeness (QED) is 0.766. The molecule has 0 aliphatic carbocycles. The van der Waals surface area contributed by atoms with E-state index in [4.69, 9.17) is 0 Å². The molecule has 0 amide bonds. The van der Waals surface area contributed by atoms with Crippen LogP contribution in [0.4, 0.5) is 5.69 Å². The van der Waals surface area contributed by atoms with Crippen LogP contribution in [-0.2, 0) is 10.0 Å². The number of nitriles is 1. The van der Waals surface area contributed by atoms with E-state index in [1.54, 1.807) is 12.1 Å². The fourth-order valence-corrected chi connectivity index (χ4v) is 3.54. The Kier molecular flexibility index (Phi) is 4.27. The third kappa shape index (κ3) is 3.37. The molecule has 3 rings (SSSR count). The second-order valence-corrected chi connectivity index (χ2v) is 8.06. The number of aromatic nitrogens is 1. The number of anilines is 1. The minimum atomic E-state index is -3.34. The number of benzene rings is 2. The number of sulfonamides is 1. The van der Waals surface area contributed by atoms with Gasteiger partial charge in [0, 0.05) is 28.8 Å². The number of nitrogens with one attached hydrogen (secondary N) is 1. The first-order valence-electron chi connectivity index (χ1n) is 7.92. The van der Waals surface area contributed by atoms with Crippen molar-refractivity contribution >= 4 is 26.6 Å². The van der Waals surface area contributed by atoms with E-state index in [0.717, 1.165) is 28.3 Å². The van der Waals surface area contributed by atoms with Crippen LogP contribution in [0, 0.1) is 11.3 Å². The van der Waals surface area contributed by atoms with Crippen molar-refractivity contribution in [3.05, 3.63) is 54.2 Å². The fraction of sp³-hybridized carbons (Fsp3) is 0.211. The molecule has 6 heteroatoms. The number of fused-ring (bicyclic) bond motifs is 1. The number of hydrogen-bond donors (Lipinski definition) is 1. The van der Waals surface area contributed by atoms with Gasteiger partial charge in [0.2, 0.25) is 10.0 Å². The van der Waals surface area contributed by atoms with Gasteiger partial charge in [-0.15, -0.1) is 0 Å². The molecule has 25 heavy (non-hydrogen) atoms. The Hall–Kier alpha value is -2.78. The monoisotopic (exact) mass is 353 g/mol. The van der Waals surface area contributed by atoms with Crippen LogP contribution < -0.4 is 4.72 Å². The maximum Gasteiger partial charge on any atom is 0.229 e. The maximum atomic E-state index is 11.5. The molecule has 0 radical (unpaired) electrons. The van der Waals surface area contributed by atoms with Crippen molar-refractivity contribution in [1.29, 1.82) is 5.26 Å². The second kappa shape index (κ2) is 6.26. The summed E-state index contributed by atoms with van der Waals surface area (Å²) in [6, 6.07) is 15.4. The largest absolute Gasteiger partial charge is 0.344 e. The van der Waals surface area contributed by atoms with E-state index in [2.05, 4.69) is 29.2 Å². The van der Waals surface area contributed by atoms with Gasteiger partial charge >= 0.3 is 0 Å². The zero-order valence-electron chi connectivity index (χ0n) is 14.3. The summed E-state index contributed by atoms with van der Waals surface area (Å²) in [5.41, 5.74) is 3.90. The molecule has 128 valence electrons. The smallest absolute Gasteiger partial charge is 0.229 e. The van der Waals surface area contributed by atoms with Crippen molar-refractivity contribution in [2.24, 2.45) is 0 Å². The third-order valence-electron chi connectivity index (χ3n) is 4.03. The molecule has 5 nitrogen and oxygen atoms in total. The highest BCUT2D eigenvalue weighted by atomic mass is 32.2. The van der Waals surface area contributed by atoms with E-state index in [-0.39, 0.29) is 6.04 Å². The molecule has 1 aromatic heterocycles. The minimum Gasteiger partial charge on any atom is -0.344 e. The summed E-state index contributed by atoms with van der Waals surface area (Å²) in [7, 11) is -3.34. The fourth-order valence-electron chi connectivity index (χ4n) is 2.99. The Balaban J connectivity index is 2.27. The van der Waals surface area contributed by atoms with E-state index in [1.807, 2.05) is 36.5 Å². The summed E-state index contributed by atoms with van der Waals surface area (Å²) in [6.07, 6.45) is 3.16. The Morgan fingerprint density at radius 3 is 2.48 bits per heavy atom. The van der Waals surface area contributed by atoms with Gasteiger partial charge in [-0.1, -0.05) is 24.3 Å². The van der Waals surface area contributed by atoms with Crippen molar-refractivity contribution in [3.63, 3.8) is 0 Å². The normalized spacial score (nSPS) is 11.6. The summed E-state index contributed by atoms with van der Waals surface area (Å²) in [6.45, 7) is 4.13. The van der Waals surface area contributed by atoms with Gasteiger partial charge in [-0.25, -0.2) is 8.42 Å². The summed E-state index contributed by atoms with van der Waals surface area (Å²) >= 11 is 0. The van der Waals surface area contributed by atoms with Crippen molar-refractivity contribution in [2.45, 2.75) is 19.9 Å². The van der Waals surface area contributed by atoms with Crippen LogP contribution >= 0.6 is 0 Å². The molecule has 1 N–H and O–H groups in total. The lowest BCUT2D eigenvalue weighted by molar-refractivity contribution is 0.607. The van der Waals surface area contributed by atoms with Gasteiger partial charge in [-0.05, 0) is 32.0 Å². The standard InChI is InChI=1S/C19H19N3O2S/c1-13(2)22-12-18(16-7-5-4-6-14(16)11-20)17-9-8-15(10-19(17)22)21-25(3,23)24/h4-10,12-13,21H,1-3H3. The lowest BCUT2D eigenvalue weighted by Gasteiger charge is -2.10. The summed E-state index contributed by atoms with van der Waals surface area (Å²) < 4.78 is 27.6. The van der Waals surface area contributed by atoms with Crippen LogP contribution in [0.2, 0.25) is 0 Å². The van der Waals surface area contributed by atoms with Crippen molar-refractivity contribution in [2.75, 3.05) is 11.0 Å². The van der Waals surface area contributed by atoms with Crippen LogP contribution in [0.5, 0.6) is 0 Å². The van der Waals surface area contributed by atoms with E-state index in [9.17, 15) is 13.7 Å². The number of rotatable bonds is 4. The minimum absolute atomic E-state index is 0.194.